The number of phosphoric acid groups is 1. The van der Waals surface area contributed by atoms with Crippen molar-refractivity contribution in [2.75, 3.05) is 40.9 Å². The average molecular weight is 883 g/mol. The molecule has 0 aromatic carbocycles. The number of rotatable bonds is 42. The van der Waals surface area contributed by atoms with E-state index in [1.165, 1.54) is 44.9 Å². The minimum absolute atomic E-state index is 0.0170. The normalized spacial score (nSPS) is 15.1. The number of aliphatic hydroxyl groups excluding tert-OH is 1. The van der Waals surface area contributed by atoms with Crippen molar-refractivity contribution < 1.29 is 32.9 Å². The maximum atomic E-state index is 12.9. The molecule has 0 bridgehead atoms. The van der Waals surface area contributed by atoms with E-state index in [9.17, 15) is 19.4 Å². The van der Waals surface area contributed by atoms with Gasteiger partial charge < -0.3 is 28.8 Å². The summed E-state index contributed by atoms with van der Waals surface area (Å²) in [6, 6.07) is -0.921. The van der Waals surface area contributed by atoms with Gasteiger partial charge in [-0.25, -0.2) is 0 Å². The Morgan fingerprint density at radius 1 is 0.581 bits per heavy atom. The summed E-state index contributed by atoms with van der Waals surface area (Å²) in [5.41, 5.74) is 0. The van der Waals surface area contributed by atoms with Crippen LogP contribution in [0.15, 0.2) is 109 Å². The lowest BCUT2D eigenvalue weighted by molar-refractivity contribution is -0.870. The minimum Gasteiger partial charge on any atom is -0.756 e. The topological polar surface area (TPSA) is 108 Å². The standard InChI is InChI=1S/C53H91N2O6P/c1-6-8-10-12-14-16-18-20-21-22-23-24-25-26-27-28-29-30-31-32-33-35-37-39-41-43-45-47-53(57)54-51(50-61-62(58,59)60-49-48-55(3,4)5)52(56)46-44-42-40-38-36-34-19-17-15-13-11-9-7-2/h8,10,14-17,20-21,23-24,26-27,29-30,36,38,44,46,51-52,56H,6-7,9,11-13,18-19,22,25,28,31-35,37,39-43,45,47-50H2,1-5H3,(H-,54,57,58,59)/b10-8-,16-14-,17-15+,21-20-,24-23-,27-26-,30-29-,38-36+,46-44+. The quantitative estimate of drug-likeness (QED) is 0.0274. The highest BCUT2D eigenvalue weighted by molar-refractivity contribution is 7.45. The van der Waals surface area contributed by atoms with Crippen LogP contribution >= 0.6 is 7.82 Å². The molecule has 0 aliphatic heterocycles. The fourth-order valence-corrected chi connectivity index (χ4v) is 6.85. The molecule has 0 aromatic heterocycles. The lowest BCUT2D eigenvalue weighted by atomic mass is 10.1. The van der Waals surface area contributed by atoms with Crippen molar-refractivity contribution in [3.8, 4) is 0 Å². The summed E-state index contributed by atoms with van der Waals surface area (Å²) in [6.07, 6.45) is 62.9. The number of unbranched alkanes of at least 4 members (excludes halogenated alkanes) is 13. The molecule has 0 fully saturated rings. The highest BCUT2D eigenvalue weighted by Gasteiger charge is 2.23. The average Bonchev–Trinajstić information content (AvgIpc) is 3.23. The van der Waals surface area contributed by atoms with E-state index >= 15 is 0 Å². The van der Waals surface area contributed by atoms with Crippen LogP contribution in [0.1, 0.15) is 168 Å². The molecule has 0 radical (unpaired) electrons. The monoisotopic (exact) mass is 883 g/mol. The van der Waals surface area contributed by atoms with E-state index in [0.29, 0.717) is 17.4 Å². The number of nitrogens with zero attached hydrogens (tertiary/aromatic N) is 1. The van der Waals surface area contributed by atoms with Crippen molar-refractivity contribution in [1.82, 2.24) is 5.32 Å². The molecule has 3 atom stereocenters. The number of allylic oxidation sites excluding steroid dienone is 17. The summed E-state index contributed by atoms with van der Waals surface area (Å²) in [4.78, 5) is 25.3. The van der Waals surface area contributed by atoms with Crippen LogP contribution < -0.4 is 10.2 Å². The summed E-state index contributed by atoms with van der Waals surface area (Å²) < 4.78 is 23.2. The molecule has 0 saturated heterocycles. The van der Waals surface area contributed by atoms with Crippen LogP contribution in [0, 0.1) is 0 Å². The minimum atomic E-state index is -4.61. The molecule has 0 aliphatic carbocycles. The van der Waals surface area contributed by atoms with Gasteiger partial charge in [-0.15, -0.1) is 0 Å². The second-order valence-corrected chi connectivity index (χ2v) is 18.5. The Kier molecular flexibility index (Phi) is 41.4. The molecular weight excluding hydrogens is 792 g/mol. The van der Waals surface area contributed by atoms with Gasteiger partial charge in [0, 0.05) is 6.42 Å². The molecule has 354 valence electrons. The molecule has 0 aliphatic rings. The number of nitrogens with one attached hydrogen (secondary N) is 1. The number of hydrogen-bond acceptors (Lipinski definition) is 6. The predicted octanol–water partition coefficient (Wildman–Crippen LogP) is 13.4. The number of carbonyl (C=O) groups excluding carboxylic acids is 1. The first kappa shape index (κ1) is 59.2. The highest BCUT2D eigenvalue weighted by atomic mass is 31.2. The largest absolute Gasteiger partial charge is 0.756 e. The zero-order valence-electron chi connectivity index (χ0n) is 40.0. The van der Waals surface area contributed by atoms with Crippen molar-refractivity contribution in [3.05, 3.63) is 109 Å². The molecule has 1 amide bonds. The molecule has 8 nitrogen and oxygen atoms in total. The second-order valence-electron chi connectivity index (χ2n) is 17.1. The third-order valence-electron chi connectivity index (χ3n) is 9.94. The molecule has 0 rings (SSSR count). The Morgan fingerprint density at radius 3 is 1.50 bits per heavy atom. The fourth-order valence-electron chi connectivity index (χ4n) is 6.13. The first-order chi connectivity index (χ1) is 30.0. The summed E-state index contributed by atoms with van der Waals surface area (Å²) in [6.45, 7) is 4.43. The molecule has 3 unspecified atom stereocenters. The van der Waals surface area contributed by atoms with Gasteiger partial charge in [0.25, 0.3) is 7.82 Å². The molecule has 0 spiro atoms. The van der Waals surface area contributed by atoms with Crippen molar-refractivity contribution in [1.29, 1.82) is 0 Å². The van der Waals surface area contributed by atoms with Crippen molar-refractivity contribution in [3.63, 3.8) is 0 Å². The third-order valence-corrected chi connectivity index (χ3v) is 10.9. The zero-order valence-corrected chi connectivity index (χ0v) is 40.9. The van der Waals surface area contributed by atoms with Gasteiger partial charge in [0.15, 0.2) is 0 Å². The molecule has 9 heteroatoms. The Bertz CT molecular complexity index is 1370. The van der Waals surface area contributed by atoms with Gasteiger partial charge in [-0.1, -0.05) is 175 Å². The zero-order chi connectivity index (χ0) is 45.7. The van der Waals surface area contributed by atoms with Gasteiger partial charge in [0.2, 0.25) is 5.91 Å². The van der Waals surface area contributed by atoms with Gasteiger partial charge in [-0.3, -0.25) is 9.36 Å². The van der Waals surface area contributed by atoms with Crippen LogP contribution in [0.3, 0.4) is 0 Å². The predicted molar refractivity (Wildman–Crippen MR) is 265 cm³/mol. The van der Waals surface area contributed by atoms with Gasteiger partial charge in [0.05, 0.1) is 39.9 Å². The maximum Gasteiger partial charge on any atom is 0.268 e. The van der Waals surface area contributed by atoms with Gasteiger partial charge in [-0.2, -0.15) is 0 Å². The SMILES string of the molecule is CC/C=C\C/C=C\C/C=C\C/C=C\C/C=C\C/C=C\CCCCCCCCCCC(=O)NC(COP(=O)([O-])OCC[N+](C)(C)C)C(O)/C=C/CC/C=C/CC/C=C/CCCCC. The fraction of sp³-hybridized carbons (Fsp3) is 0.642. The summed E-state index contributed by atoms with van der Waals surface area (Å²) in [7, 11) is 1.21. The van der Waals surface area contributed by atoms with Gasteiger partial charge >= 0.3 is 0 Å². The van der Waals surface area contributed by atoms with Crippen LogP contribution in [0.2, 0.25) is 0 Å². The van der Waals surface area contributed by atoms with Crippen LogP contribution in [0.4, 0.5) is 0 Å². The number of carbonyl (C=O) groups is 1. The van der Waals surface area contributed by atoms with Crippen LogP contribution in [0.5, 0.6) is 0 Å². The number of phosphoric ester groups is 1. The number of quaternary nitrogens is 1. The van der Waals surface area contributed by atoms with E-state index in [2.05, 4.69) is 116 Å². The lowest BCUT2D eigenvalue weighted by Crippen LogP contribution is -2.45. The van der Waals surface area contributed by atoms with E-state index in [0.717, 1.165) is 103 Å². The number of aliphatic hydroxyl groups is 1. The molecule has 0 saturated carbocycles. The number of likely N-dealkylation sites (N-methyl/N-ethyl adjacent to an activating group) is 1. The molecule has 62 heavy (non-hydrogen) atoms. The Hall–Kier alpha value is -2.84. The van der Waals surface area contributed by atoms with Gasteiger partial charge in [-0.05, 0) is 96.3 Å². The Labute approximate surface area is 381 Å². The first-order valence-corrected chi connectivity index (χ1v) is 25.7. The van der Waals surface area contributed by atoms with Crippen molar-refractivity contribution in [2.45, 2.75) is 180 Å². The summed E-state index contributed by atoms with van der Waals surface area (Å²) >= 11 is 0. The smallest absolute Gasteiger partial charge is 0.268 e. The summed E-state index contributed by atoms with van der Waals surface area (Å²) in [5.74, 6) is -0.227. The molecular formula is C53H91N2O6P. The van der Waals surface area contributed by atoms with E-state index < -0.39 is 26.6 Å². The lowest BCUT2D eigenvalue weighted by Gasteiger charge is -2.29. The summed E-state index contributed by atoms with van der Waals surface area (Å²) in [5, 5.41) is 13.7. The van der Waals surface area contributed by atoms with E-state index in [1.807, 2.05) is 27.2 Å². The Morgan fingerprint density at radius 2 is 1.00 bits per heavy atom. The second kappa shape index (κ2) is 43.4. The van der Waals surface area contributed by atoms with E-state index in [-0.39, 0.29) is 12.5 Å². The number of amides is 1. The van der Waals surface area contributed by atoms with E-state index in [4.69, 9.17) is 9.05 Å². The van der Waals surface area contributed by atoms with Crippen LogP contribution in [0.25, 0.3) is 0 Å². The highest BCUT2D eigenvalue weighted by Crippen LogP contribution is 2.38. The van der Waals surface area contributed by atoms with Crippen LogP contribution in [-0.2, 0) is 18.4 Å². The van der Waals surface area contributed by atoms with Gasteiger partial charge in [0.1, 0.15) is 13.2 Å². The van der Waals surface area contributed by atoms with Crippen molar-refractivity contribution in [2.24, 2.45) is 0 Å². The first-order valence-electron chi connectivity index (χ1n) is 24.2. The number of hydrogen-bond donors (Lipinski definition) is 2. The molecule has 0 aromatic rings. The maximum absolute atomic E-state index is 12.9. The van der Waals surface area contributed by atoms with Crippen molar-refractivity contribution >= 4 is 13.7 Å². The molecule has 0 heterocycles. The third kappa shape index (κ3) is 45.2. The van der Waals surface area contributed by atoms with Crippen LogP contribution in [-0.4, -0.2) is 68.5 Å². The Balaban J connectivity index is 4.35. The van der Waals surface area contributed by atoms with E-state index in [1.54, 1.807) is 6.08 Å². The molecule has 2 N–H and O–H groups in total.